The topological polar surface area (TPSA) is 67.9 Å². The number of carbonyl (C=O) groups excluding carboxylic acids is 2. The van der Waals surface area contributed by atoms with Crippen LogP contribution in [0.4, 0.5) is 0 Å². The first-order chi connectivity index (χ1) is 11.2. The highest BCUT2D eigenvalue weighted by atomic mass is 16.5. The molecule has 2 amide bonds. The van der Waals surface area contributed by atoms with Crippen molar-refractivity contribution < 1.29 is 19.1 Å². The third kappa shape index (κ3) is 3.38. The van der Waals surface area contributed by atoms with Gasteiger partial charge in [-0.15, -0.1) is 0 Å². The molecule has 1 N–H and O–H groups in total. The fourth-order valence-electron chi connectivity index (χ4n) is 3.41. The standard InChI is InChI=1S/C17H22N2O4/c1-22-8-7-16(21)19-10-13(12-5-3-2-4-6-12)17-14(19)9-18-15(20)11-23-17/h2-6,13-14,17H,7-11H2,1H3,(H,18,20)/t13-,14-,17-/m1/s1. The van der Waals surface area contributed by atoms with Crippen molar-refractivity contribution in [3.8, 4) is 0 Å². The van der Waals surface area contributed by atoms with Crippen LogP contribution >= 0.6 is 0 Å². The number of amides is 2. The Morgan fingerprint density at radius 1 is 1.39 bits per heavy atom. The fourth-order valence-corrected chi connectivity index (χ4v) is 3.41. The zero-order valence-electron chi connectivity index (χ0n) is 13.2. The van der Waals surface area contributed by atoms with Gasteiger partial charge < -0.3 is 19.7 Å². The van der Waals surface area contributed by atoms with Crippen LogP contribution in [0.2, 0.25) is 0 Å². The maximum Gasteiger partial charge on any atom is 0.246 e. The molecule has 124 valence electrons. The van der Waals surface area contributed by atoms with Gasteiger partial charge in [-0.25, -0.2) is 0 Å². The first-order valence-electron chi connectivity index (χ1n) is 7.92. The number of carbonyl (C=O) groups is 2. The number of hydrogen-bond acceptors (Lipinski definition) is 4. The van der Waals surface area contributed by atoms with Crippen LogP contribution in [0.25, 0.3) is 0 Å². The first-order valence-corrected chi connectivity index (χ1v) is 7.92. The molecule has 2 heterocycles. The summed E-state index contributed by atoms with van der Waals surface area (Å²) in [5.74, 6) is -0.00377. The Morgan fingerprint density at radius 3 is 2.91 bits per heavy atom. The molecular formula is C17H22N2O4. The van der Waals surface area contributed by atoms with Gasteiger partial charge in [0.15, 0.2) is 0 Å². The maximum atomic E-state index is 12.5. The van der Waals surface area contributed by atoms with Gasteiger partial charge in [0.2, 0.25) is 11.8 Å². The first kappa shape index (κ1) is 16.0. The molecule has 2 fully saturated rings. The molecule has 0 radical (unpaired) electrons. The van der Waals surface area contributed by atoms with E-state index in [4.69, 9.17) is 9.47 Å². The Kier molecular flexibility index (Phi) is 4.93. The number of methoxy groups -OCH3 is 1. The average molecular weight is 318 g/mol. The van der Waals surface area contributed by atoms with Crippen molar-refractivity contribution in [2.45, 2.75) is 24.5 Å². The highest BCUT2D eigenvalue weighted by molar-refractivity contribution is 5.79. The van der Waals surface area contributed by atoms with E-state index in [9.17, 15) is 9.59 Å². The summed E-state index contributed by atoms with van der Waals surface area (Å²) in [6.45, 7) is 1.49. The largest absolute Gasteiger partial charge is 0.384 e. The molecule has 2 saturated heterocycles. The zero-order chi connectivity index (χ0) is 16.2. The fraction of sp³-hybridized carbons (Fsp3) is 0.529. The Bertz CT molecular complexity index is 563. The van der Waals surface area contributed by atoms with Gasteiger partial charge in [-0.05, 0) is 5.56 Å². The van der Waals surface area contributed by atoms with Crippen LogP contribution in [-0.4, -0.2) is 62.3 Å². The van der Waals surface area contributed by atoms with Crippen molar-refractivity contribution in [2.24, 2.45) is 0 Å². The summed E-state index contributed by atoms with van der Waals surface area (Å²) in [6, 6.07) is 9.91. The van der Waals surface area contributed by atoms with E-state index in [0.717, 1.165) is 5.56 Å². The molecule has 1 aromatic carbocycles. The number of benzene rings is 1. The molecule has 3 rings (SSSR count). The Balaban J connectivity index is 1.84. The monoisotopic (exact) mass is 318 g/mol. The van der Waals surface area contributed by atoms with Crippen LogP contribution in [0.15, 0.2) is 30.3 Å². The lowest BCUT2D eigenvalue weighted by atomic mass is 9.93. The second kappa shape index (κ2) is 7.10. The second-order valence-corrected chi connectivity index (χ2v) is 5.95. The summed E-state index contributed by atoms with van der Waals surface area (Å²) in [5, 5.41) is 2.84. The van der Waals surface area contributed by atoms with Crippen LogP contribution in [0.3, 0.4) is 0 Å². The Labute approximate surface area is 135 Å². The van der Waals surface area contributed by atoms with Crippen molar-refractivity contribution in [1.29, 1.82) is 0 Å². The van der Waals surface area contributed by atoms with Crippen molar-refractivity contribution >= 4 is 11.8 Å². The average Bonchev–Trinajstić information content (AvgIpc) is 2.84. The molecule has 3 atom stereocenters. The van der Waals surface area contributed by atoms with Crippen LogP contribution in [0, 0.1) is 0 Å². The third-order valence-corrected chi connectivity index (χ3v) is 4.55. The van der Waals surface area contributed by atoms with Gasteiger partial charge in [0, 0.05) is 26.1 Å². The van der Waals surface area contributed by atoms with Gasteiger partial charge in [0.1, 0.15) is 6.61 Å². The van der Waals surface area contributed by atoms with Crippen molar-refractivity contribution in [3.05, 3.63) is 35.9 Å². The lowest BCUT2D eigenvalue weighted by Gasteiger charge is -2.26. The van der Waals surface area contributed by atoms with Gasteiger partial charge in [-0.1, -0.05) is 30.3 Å². The molecule has 0 saturated carbocycles. The highest BCUT2D eigenvalue weighted by Crippen LogP contribution is 2.35. The number of nitrogens with zero attached hydrogens (tertiary/aromatic N) is 1. The quantitative estimate of drug-likeness (QED) is 0.879. The lowest BCUT2D eigenvalue weighted by Crippen LogP contribution is -2.45. The number of rotatable bonds is 4. The second-order valence-electron chi connectivity index (χ2n) is 5.95. The van der Waals surface area contributed by atoms with E-state index < -0.39 is 0 Å². The molecular weight excluding hydrogens is 296 g/mol. The molecule has 23 heavy (non-hydrogen) atoms. The summed E-state index contributed by atoms with van der Waals surface area (Å²) >= 11 is 0. The summed E-state index contributed by atoms with van der Waals surface area (Å²) in [4.78, 5) is 26.0. The number of fused-ring (bicyclic) bond motifs is 1. The minimum atomic E-state index is -0.164. The molecule has 1 aromatic rings. The van der Waals surface area contributed by atoms with E-state index in [1.54, 1.807) is 7.11 Å². The predicted octanol–water partition coefficient (Wildman–Crippen LogP) is 0.532. The summed E-state index contributed by atoms with van der Waals surface area (Å²) in [7, 11) is 1.59. The molecule has 6 nitrogen and oxygen atoms in total. The van der Waals surface area contributed by atoms with Crippen LogP contribution in [-0.2, 0) is 19.1 Å². The number of nitrogens with one attached hydrogen (secondary N) is 1. The van der Waals surface area contributed by atoms with Gasteiger partial charge in [0.05, 0.1) is 25.2 Å². The molecule has 0 aromatic heterocycles. The molecule has 2 aliphatic heterocycles. The van der Waals surface area contributed by atoms with Gasteiger partial charge >= 0.3 is 0 Å². The number of likely N-dealkylation sites (tertiary alicyclic amines) is 1. The van der Waals surface area contributed by atoms with Gasteiger partial charge in [0.25, 0.3) is 0 Å². The van der Waals surface area contributed by atoms with Crippen LogP contribution in [0.1, 0.15) is 17.9 Å². The van der Waals surface area contributed by atoms with Gasteiger partial charge in [-0.2, -0.15) is 0 Å². The van der Waals surface area contributed by atoms with Crippen LogP contribution in [0.5, 0.6) is 0 Å². The number of hydrogen-bond donors (Lipinski definition) is 1. The van der Waals surface area contributed by atoms with Crippen molar-refractivity contribution in [2.75, 3.05) is 33.4 Å². The van der Waals surface area contributed by atoms with Crippen molar-refractivity contribution in [1.82, 2.24) is 10.2 Å². The molecule has 0 bridgehead atoms. The Morgan fingerprint density at radius 2 is 2.17 bits per heavy atom. The van der Waals surface area contributed by atoms with E-state index in [2.05, 4.69) is 5.32 Å². The minimum Gasteiger partial charge on any atom is -0.384 e. The normalized spacial score (nSPS) is 27.3. The molecule has 0 spiro atoms. The van der Waals surface area contributed by atoms with E-state index in [1.165, 1.54) is 0 Å². The van der Waals surface area contributed by atoms with E-state index in [0.29, 0.717) is 26.1 Å². The van der Waals surface area contributed by atoms with Crippen LogP contribution < -0.4 is 5.32 Å². The summed E-state index contributed by atoms with van der Waals surface area (Å²) in [6.07, 6.45) is 0.178. The summed E-state index contributed by atoms with van der Waals surface area (Å²) in [5.41, 5.74) is 1.14. The summed E-state index contributed by atoms with van der Waals surface area (Å²) < 4.78 is 10.9. The molecule has 2 aliphatic rings. The molecule has 6 heteroatoms. The third-order valence-electron chi connectivity index (χ3n) is 4.55. The Hall–Kier alpha value is -1.92. The highest BCUT2D eigenvalue weighted by Gasteiger charge is 2.46. The van der Waals surface area contributed by atoms with Crippen molar-refractivity contribution in [3.63, 3.8) is 0 Å². The zero-order valence-corrected chi connectivity index (χ0v) is 13.2. The van der Waals surface area contributed by atoms with E-state index >= 15 is 0 Å². The predicted molar refractivity (Wildman–Crippen MR) is 83.9 cm³/mol. The smallest absolute Gasteiger partial charge is 0.246 e. The SMILES string of the molecule is COCCC(=O)N1C[C@H](c2ccccc2)[C@H]2OCC(=O)NC[C@H]21. The lowest BCUT2D eigenvalue weighted by molar-refractivity contribution is -0.133. The molecule has 0 unspecified atom stereocenters. The van der Waals surface area contributed by atoms with Gasteiger partial charge in [-0.3, -0.25) is 9.59 Å². The minimum absolute atomic E-state index is 0.0417. The molecule has 0 aliphatic carbocycles. The van der Waals surface area contributed by atoms with E-state index in [1.807, 2.05) is 35.2 Å². The number of ether oxygens (including phenoxy) is 2. The van der Waals surface area contributed by atoms with E-state index in [-0.39, 0.29) is 36.5 Å². The maximum absolute atomic E-state index is 12.5.